The summed E-state index contributed by atoms with van der Waals surface area (Å²) in [4.78, 5) is 0. The molecule has 0 saturated carbocycles. The summed E-state index contributed by atoms with van der Waals surface area (Å²) in [6.07, 6.45) is 0. The van der Waals surface area contributed by atoms with E-state index in [0.29, 0.717) is 28.0 Å². The molecular weight excluding hydrogens is 392 g/mol. The number of methoxy groups -OCH3 is 1. The molecule has 0 bridgehead atoms. The van der Waals surface area contributed by atoms with Crippen molar-refractivity contribution < 1.29 is 13.5 Å². The maximum atomic E-state index is 14.4. The van der Waals surface area contributed by atoms with E-state index in [9.17, 15) is 8.78 Å². The van der Waals surface area contributed by atoms with Gasteiger partial charge in [-0.25, -0.2) is 8.78 Å². The summed E-state index contributed by atoms with van der Waals surface area (Å²) < 4.78 is 34.9. The molecule has 0 atom stereocenters. The molecule has 0 spiro atoms. The number of thioether (sulfide) groups is 1. The van der Waals surface area contributed by atoms with Crippen LogP contribution >= 0.6 is 11.8 Å². The van der Waals surface area contributed by atoms with Crippen LogP contribution in [0.1, 0.15) is 5.56 Å². The molecule has 0 aliphatic rings. The fraction of sp³-hybridized carbons (Fsp3) is 0.0909. The highest BCUT2D eigenvalue weighted by molar-refractivity contribution is 7.98. The van der Waals surface area contributed by atoms with Gasteiger partial charge in [0.1, 0.15) is 17.4 Å². The first-order chi connectivity index (χ1) is 14.2. The van der Waals surface area contributed by atoms with E-state index in [4.69, 9.17) is 4.74 Å². The first-order valence-electron chi connectivity index (χ1n) is 8.87. The van der Waals surface area contributed by atoms with E-state index in [-0.39, 0.29) is 11.6 Å². The molecule has 0 aliphatic heterocycles. The van der Waals surface area contributed by atoms with Crippen molar-refractivity contribution >= 4 is 11.8 Å². The number of benzene rings is 3. The van der Waals surface area contributed by atoms with Crippen molar-refractivity contribution in [3.63, 3.8) is 0 Å². The van der Waals surface area contributed by atoms with Gasteiger partial charge in [-0.2, -0.15) is 0 Å². The van der Waals surface area contributed by atoms with Gasteiger partial charge in [0, 0.05) is 5.75 Å². The molecule has 0 saturated heterocycles. The second-order valence-corrected chi connectivity index (χ2v) is 7.18. The minimum atomic E-state index is -0.378. The molecule has 4 nitrogen and oxygen atoms in total. The molecule has 146 valence electrons. The minimum absolute atomic E-state index is 0.285. The van der Waals surface area contributed by atoms with Gasteiger partial charge in [-0.15, -0.1) is 10.2 Å². The maximum Gasteiger partial charge on any atom is 0.196 e. The van der Waals surface area contributed by atoms with Gasteiger partial charge in [-0.1, -0.05) is 36.0 Å². The predicted molar refractivity (Wildman–Crippen MR) is 109 cm³/mol. The van der Waals surface area contributed by atoms with E-state index in [1.165, 1.54) is 30.0 Å². The van der Waals surface area contributed by atoms with Crippen LogP contribution in [0.5, 0.6) is 5.75 Å². The lowest BCUT2D eigenvalue weighted by Crippen LogP contribution is -2.01. The third-order valence-electron chi connectivity index (χ3n) is 4.34. The summed E-state index contributed by atoms with van der Waals surface area (Å²) in [6, 6.07) is 20.2. The summed E-state index contributed by atoms with van der Waals surface area (Å²) in [5.74, 6) is 0.949. The zero-order valence-electron chi connectivity index (χ0n) is 15.5. The summed E-state index contributed by atoms with van der Waals surface area (Å²) in [6.45, 7) is 0. The fourth-order valence-electron chi connectivity index (χ4n) is 2.92. The highest BCUT2D eigenvalue weighted by atomic mass is 32.2. The SMILES string of the molecule is COc1ccc(-n2c(SCc3cccc(F)c3)nnc2-c2ccccc2F)cc1. The molecule has 29 heavy (non-hydrogen) atoms. The lowest BCUT2D eigenvalue weighted by molar-refractivity contribution is 0.414. The van der Waals surface area contributed by atoms with Crippen molar-refractivity contribution in [2.75, 3.05) is 7.11 Å². The van der Waals surface area contributed by atoms with Gasteiger partial charge < -0.3 is 4.74 Å². The maximum absolute atomic E-state index is 14.4. The Balaban J connectivity index is 1.75. The molecule has 4 rings (SSSR count). The molecule has 0 amide bonds. The average Bonchev–Trinajstić information content (AvgIpc) is 3.16. The predicted octanol–water partition coefficient (Wildman–Crippen LogP) is 5.51. The molecule has 0 unspecified atom stereocenters. The van der Waals surface area contributed by atoms with Crippen LogP contribution in [-0.4, -0.2) is 21.9 Å². The van der Waals surface area contributed by atoms with Gasteiger partial charge in [-0.3, -0.25) is 4.57 Å². The highest BCUT2D eigenvalue weighted by Crippen LogP contribution is 2.31. The second kappa shape index (κ2) is 8.45. The van der Waals surface area contributed by atoms with E-state index >= 15 is 0 Å². The number of nitrogens with zero attached hydrogens (tertiary/aromatic N) is 3. The van der Waals surface area contributed by atoms with E-state index < -0.39 is 0 Å². The molecule has 0 fully saturated rings. The van der Waals surface area contributed by atoms with Gasteiger partial charge in [0.2, 0.25) is 0 Å². The molecule has 1 heterocycles. The third-order valence-corrected chi connectivity index (χ3v) is 5.34. The minimum Gasteiger partial charge on any atom is -0.497 e. The van der Waals surface area contributed by atoms with E-state index in [0.717, 1.165) is 11.3 Å². The van der Waals surface area contributed by atoms with Crippen LogP contribution < -0.4 is 4.74 Å². The van der Waals surface area contributed by atoms with Gasteiger partial charge >= 0.3 is 0 Å². The normalized spacial score (nSPS) is 10.9. The Labute approximate surface area is 171 Å². The quantitative estimate of drug-likeness (QED) is 0.394. The summed E-state index contributed by atoms with van der Waals surface area (Å²) in [5, 5.41) is 9.10. The Hall–Kier alpha value is -3.19. The Morgan fingerprint density at radius 1 is 0.931 bits per heavy atom. The number of ether oxygens (including phenoxy) is 1. The van der Waals surface area contributed by atoms with E-state index in [2.05, 4.69) is 10.2 Å². The number of hydrogen-bond acceptors (Lipinski definition) is 4. The molecule has 0 aliphatic carbocycles. The van der Waals surface area contributed by atoms with Crippen LogP contribution in [0.3, 0.4) is 0 Å². The Kier molecular flexibility index (Phi) is 5.57. The van der Waals surface area contributed by atoms with Gasteiger partial charge in [0.15, 0.2) is 11.0 Å². The number of aromatic nitrogens is 3. The molecule has 4 aromatic rings. The van der Waals surface area contributed by atoms with Gasteiger partial charge in [0.25, 0.3) is 0 Å². The van der Waals surface area contributed by atoms with Crippen LogP contribution in [-0.2, 0) is 5.75 Å². The van der Waals surface area contributed by atoms with Crippen molar-refractivity contribution in [2.24, 2.45) is 0 Å². The van der Waals surface area contributed by atoms with Crippen LogP contribution in [0, 0.1) is 11.6 Å². The van der Waals surface area contributed by atoms with Crippen molar-refractivity contribution in [1.82, 2.24) is 14.8 Å². The number of halogens is 2. The lowest BCUT2D eigenvalue weighted by Gasteiger charge is -2.11. The van der Waals surface area contributed by atoms with Gasteiger partial charge in [0.05, 0.1) is 18.4 Å². The van der Waals surface area contributed by atoms with Crippen molar-refractivity contribution in [3.05, 3.63) is 90.0 Å². The molecule has 1 aromatic heterocycles. The van der Waals surface area contributed by atoms with Crippen LogP contribution in [0.2, 0.25) is 0 Å². The average molecular weight is 409 g/mol. The Bertz CT molecular complexity index is 1130. The highest BCUT2D eigenvalue weighted by Gasteiger charge is 2.18. The molecule has 7 heteroatoms. The van der Waals surface area contributed by atoms with Crippen molar-refractivity contribution in [3.8, 4) is 22.8 Å². The van der Waals surface area contributed by atoms with Gasteiger partial charge in [-0.05, 0) is 54.1 Å². The fourth-order valence-corrected chi connectivity index (χ4v) is 3.81. The van der Waals surface area contributed by atoms with Crippen LogP contribution in [0.15, 0.2) is 78.0 Å². The molecule has 0 N–H and O–H groups in total. The van der Waals surface area contributed by atoms with E-state index in [1.54, 1.807) is 35.9 Å². The lowest BCUT2D eigenvalue weighted by atomic mass is 10.2. The third kappa shape index (κ3) is 4.14. The largest absolute Gasteiger partial charge is 0.497 e. The van der Waals surface area contributed by atoms with E-state index in [1.807, 2.05) is 30.3 Å². The number of hydrogen-bond donors (Lipinski definition) is 0. The van der Waals surface area contributed by atoms with Crippen LogP contribution in [0.4, 0.5) is 8.78 Å². The smallest absolute Gasteiger partial charge is 0.196 e. The standard InChI is InChI=1S/C22H17F2N3OS/c1-28-18-11-9-17(10-12-18)27-21(19-7-2-3-8-20(19)24)25-26-22(27)29-14-15-5-4-6-16(23)13-15/h2-13H,14H2,1H3. The molecular formula is C22H17F2N3OS. The van der Waals surface area contributed by atoms with Crippen molar-refractivity contribution in [2.45, 2.75) is 10.9 Å². The second-order valence-electron chi connectivity index (χ2n) is 6.24. The summed E-state index contributed by atoms with van der Waals surface area (Å²) in [5.41, 5.74) is 1.95. The molecule has 3 aromatic carbocycles. The first kappa shape index (κ1) is 19.1. The van der Waals surface area contributed by atoms with Crippen LogP contribution in [0.25, 0.3) is 17.1 Å². The zero-order valence-corrected chi connectivity index (χ0v) is 16.4. The topological polar surface area (TPSA) is 39.9 Å². The molecule has 0 radical (unpaired) electrons. The first-order valence-corrected chi connectivity index (χ1v) is 9.86. The monoisotopic (exact) mass is 409 g/mol. The zero-order chi connectivity index (χ0) is 20.2. The summed E-state index contributed by atoms with van der Waals surface area (Å²) in [7, 11) is 1.60. The number of rotatable bonds is 6. The Morgan fingerprint density at radius 2 is 1.72 bits per heavy atom. The van der Waals surface area contributed by atoms with Crippen molar-refractivity contribution in [1.29, 1.82) is 0 Å². The Morgan fingerprint density at radius 3 is 2.45 bits per heavy atom. The summed E-state index contributed by atoms with van der Waals surface area (Å²) >= 11 is 1.40.